The second-order valence-corrected chi connectivity index (χ2v) is 9.22. The second-order valence-electron chi connectivity index (χ2n) is 9.22. The summed E-state index contributed by atoms with van der Waals surface area (Å²) in [7, 11) is 0. The van der Waals surface area contributed by atoms with Gasteiger partial charge in [-0.3, -0.25) is 24.2 Å². The van der Waals surface area contributed by atoms with Crippen LogP contribution in [0.2, 0.25) is 0 Å². The maximum Gasteiger partial charge on any atom is 0.326 e. The van der Waals surface area contributed by atoms with E-state index in [9.17, 15) is 29.1 Å². The van der Waals surface area contributed by atoms with Crippen LogP contribution in [-0.4, -0.2) is 77.9 Å². The summed E-state index contributed by atoms with van der Waals surface area (Å²) in [5.74, 6) is -4.64. The first kappa shape index (κ1) is 33.8. The minimum atomic E-state index is -1.60. The van der Waals surface area contributed by atoms with E-state index in [1.165, 1.54) is 0 Å². The van der Waals surface area contributed by atoms with Crippen LogP contribution in [0, 0.1) is 0 Å². The molecule has 0 bridgehead atoms. The quantitative estimate of drug-likeness (QED) is 0.0471. The van der Waals surface area contributed by atoms with E-state index in [1.54, 1.807) is 30.3 Å². The van der Waals surface area contributed by atoms with Gasteiger partial charge in [0.1, 0.15) is 18.1 Å². The Morgan fingerprint density at radius 1 is 0.800 bits per heavy atom. The predicted octanol–water partition coefficient (Wildman–Crippen LogP) is -2.85. The van der Waals surface area contributed by atoms with Crippen molar-refractivity contribution in [2.24, 2.45) is 33.7 Å². The second kappa shape index (κ2) is 18.1. The molecule has 1 aromatic rings. The molecule has 1 rings (SSSR count). The number of nitrogens with two attached hydrogens (primary N) is 5. The van der Waals surface area contributed by atoms with E-state index in [-0.39, 0.29) is 25.3 Å². The van der Waals surface area contributed by atoms with Gasteiger partial charge in [-0.25, -0.2) is 4.79 Å². The fourth-order valence-corrected chi connectivity index (χ4v) is 3.70. The van der Waals surface area contributed by atoms with E-state index in [0.717, 1.165) is 0 Å². The topological polar surface area (TPSA) is 284 Å². The fourth-order valence-electron chi connectivity index (χ4n) is 3.70. The lowest BCUT2D eigenvalue weighted by atomic mass is 10.0. The lowest BCUT2D eigenvalue weighted by Crippen LogP contribution is -2.57. The molecule has 0 fully saturated rings. The molecule has 0 heterocycles. The predicted molar refractivity (Wildman–Crippen MR) is 148 cm³/mol. The van der Waals surface area contributed by atoms with Crippen molar-refractivity contribution >= 4 is 35.6 Å². The number of carboxylic acids is 1. The van der Waals surface area contributed by atoms with Crippen molar-refractivity contribution < 1.29 is 29.1 Å². The Hall–Kier alpha value is -4.24. The highest BCUT2D eigenvalue weighted by atomic mass is 16.4. The standard InChI is InChI=1S/C25H41N9O6/c26-11-5-4-9-16(27)21(36)32-17(10-6-12-31-25(29)30)22(37)33-18(13-15-7-2-1-3-8-15)23(38)34-19(24(39)40)14-20(28)35/h1-3,7-8,16-19H,4-6,9-14,26-27H2,(H2,28,35)(H,32,36)(H,33,37)(H,34,38)(H,39,40)(H4,29,30,31). The van der Waals surface area contributed by atoms with Crippen molar-refractivity contribution in [3.05, 3.63) is 35.9 Å². The summed E-state index contributed by atoms with van der Waals surface area (Å²) in [6.45, 7) is 0.642. The van der Waals surface area contributed by atoms with Crippen LogP contribution >= 0.6 is 0 Å². The molecule has 0 aliphatic carbocycles. The number of carboxylic acid groups (broad SMARTS) is 1. The first-order chi connectivity index (χ1) is 18.9. The van der Waals surface area contributed by atoms with E-state index < -0.39 is 60.2 Å². The van der Waals surface area contributed by atoms with Gasteiger partial charge in [0, 0.05) is 13.0 Å². The lowest BCUT2D eigenvalue weighted by molar-refractivity contribution is -0.143. The van der Waals surface area contributed by atoms with Gasteiger partial charge >= 0.3 is 5.97 Å². The first-order valence-corrected chi connectivity index (χ1v) is 12.9. The number of primary amides is 1. The van der Waals surface area contributed by atoms with Gasteiger partial charge in [-0.05, 0) is 37.8 Å². The van der Waals surface area contributed by atoms with E-state index >= 15 is 0 Å². The average Bonchev–Trinajstić information content (AvgIpc) is 2.89. The number of aliphatic carboxylic acids is 1. The molecule has 40 heavy (non-hydrogen) atoms. The minimum absolute atomic E-state index is 0.00536. The number of guanidine groups is 1. The van der Waals surface area contributed by atoms with Gasteiger partial charge in [0.05, 0.1) is 12.5 Å². The summed E-state index contributed by atoms with van der Waals surface area (Å²) in [6, 6.07) is 3.85. The minimum Gasteiger partial charge on any atom is -0.480 e. The molecular formula is C25H41N9O6. The molecule has 4 atom stereocenters. The third-order valence-electron chi connectivity index (χ3n) is 5.82. The Balaban J connectivity index is 3.13. The zero-order valence-corrected chi connectivity index (χ0v) is 22.4. The van der Waals surface area contributed by atoms with Crippen LogP contribution in [0.4, 0.5) is 0 Å². The zero-order chi connectivity index (χ0) is 30.1. The highest BCUT2D eigenvalue weighted by Gasteiger charge is 2.31. The summed E-state index contributed by atoms with van der Waals surface area (Å²) in [5.41, 5.74) is 27.9. The molecule has 0 radical (unpaired) electrons. The van der Waals surface area contributed by atoms with E-state index in [2.05, 4.69) is 20.9 Å². The van der Waals surface area contributed by atoms with Crippen molar-refractivity contribution in [1.82, 2.24) is 16.0 Å². The normalized spacial score (nSPS) is 13.7. The molecule has 14 N–H and O–H groups in total. The molecule has 222 valence electrons. The Kier molecular flexibility index (Phi) is 15.3. The number of hydrogen-bond acceptors (Lipinski definition) is 8. The number of hydrogen-bond donors (Lipinski definition) is 9. The Morgan fingerprint density at radius 3 is 1.98 bits per heavy atom. The van der Waals surface area contributed by atoms with Crippen LogP contribution in [0.3, 0.4) is 0 Å². The molecule has 4 unspecified atom stereocenters. The van der Waals surface area contributed by atoms with Gasteiger partial charge in [-0.1, -0.05) is 36.8 Å². The van der Waals surface area contributed by atoms with E-state index in [4.69, 9.17) is 28.7 Å². The number of carbonyl (C=O) groups is 5. The van der Waals surface area contributed by atoms with Crippen molar-refractivity contribution in [3.8, 4) is 0 Å². The number of nitrogens with one attached hydrogen (secondary N) is 3. The van der Waals surface area contributed by atoms with Crippen LogP contribution < -0.4 is 44.6 Å². The third-order valence-corrected chi connectivity index (χ3v) is 5.82. The summed E-state index contributed by atoms with van der Waals surface area (Å²) in [4.78, 5) is 65.9. The van der Waals surface area contributed by atoms with Crippen molar-refractivity contribution in [2.75, 3.05) is 13.1 Å². The molecule has 0 aliphatic rings. The van der Waals surface area contributed by atoms with Gasteiger partial charge in [-0.15, -0.1) is 0 Å². The van der Waals surface area contributed by atoms with Crippen LogP contribution in [0.1, 0.15) is 44.1 Å². The summed E-state index contributed by atoms with van der Waals surface area (Å²) >= 11 is 0. The van der Waals surface area contributed by atoms with Crippen molar-refractivity contribution in [3.63, 3.8) is 0 Å². The highest BCUT2D eigenvalue weighted by molar-refractivity contribution is 5.95. The molecule has 0 aromatic heterocycles. The summed E-state index contributed by atoms with van der Waals surface area (Å²) in [6.07, 6.45) is 1.46. The number of carbonyl (C=O) groups excluding carboxylic acids is 4. The number of nitrogens with zero attached hydrogens (tertiary/aromatic N) is 1. The lowest BCUT2D eigenvalue weighted by Gasteiger charge is -2.25. The van der Waals surface area contributed by atoms with Gasteiger partial charge in [-0.2, -0.15) is 0 Å². The zero-order valence-electron chi connectivity index (χ0n) is 22.4. The van der Waals surface area contributed by atoms with Crippen molar-refractivity contribution in [1.29, 1.82) is 0 Å². The molecule has 15 nitrogen and oxygen atoms in total. The van der Waals surface area contributed by atoms with Gasteiger partial charge < -0.3 is 49.7 Å². The van der Waals surface area contributed by atoms with Crippen LogP contribution in [0.5, 0.6) is 0 Å². The Morgan fingerprint density at radius 2 is 1.40 bits per heavy atom. The SMILES string of the molecule is NCCCCC(N)C(=O)NC(CCCN=C(N)N)C(=O)NC(Cc1ccccc1)C(=O)NC(CC(N)=O)C(=O)O. The summed E-state index contributed by atoms with van der Waals surface area (Å²) < 4.78 is 0. The summed E-state index contributed by atoms with van der Waals surface area (Å²) in [5, 5.41) is 16.9. The number of amides is 4. The van der Waals surface area contributed by atoms with E-state index in [1.807, 2.05) is 0 Å². The highest BCUT2D eigenvalue weighted by Crippen LogP contribution is 2.08. The fraction of sp³-hybridized carbons (Fsp3) is 0.520. The molecule has 15 heteroatoms. The molecule has 0 aliphatic heterocycles. The molecular weight excluding hydrogens is 522 g/mol. The molecule has 4 amide bonds. The van der Waals surface area contributed by atoms with Crippen LogP contribution in [0.15, 0.2) is 35.3 Å². The van der Waals surface area contributed by atoms with Gasteiger partial charge in [0.2, 0.25) is 23.6 Å². The molecule has 0 spiro atoms. The van der Waals surface area contributed by atoms with Gasteiger partial charge in [0.25, 0.3) is 0 Å². The van der Waals surface area contributed by atoms with E-state index in [0.29, 0.717) is 37.8 Å². The number of aliphatic imine (C=N–C) groups is 1. The third kappa shape index (κ3) is 13.5. The maximum absolute atomic E-state index is 13.4. The molecule has 0 saturated heterocycles. The molecule has 0 saturated carbocycles. The number of rotatable bonds is 19. The maximum atomic E-state index is 13.4. The number of unbranched alkanes of at least 4 members (excludes halogenated alkanes) is 1. The first-order valence-electron chi connectivity index (χ1n) is 12.9. The average molecular weight is 564 g/mol. The van der Waals surface area contributed by atoms with Crippen LogP contribution in [-0.2, 0) is 30.4 Å². The largest absolute Gasteiger partial charge is 0.480 e. The van der Waals surface area contributed by atoms with Crippen molar-refractivity contribution in [2.45, 2.75) is 69.1 Å². The Bertz CT molecular complexity index is 1020. The van der Waals surface area contributed by atoms with Crippen LogP contribution in [0.25, 0.3) is 0 Å². The smallest absolute Gasteiger partial charge is 0.326 e. The van der Waals surface area contributed by atoms with Gasteiger partial charge in [0.15, 0.2) is 5.96 Å². The number of benzene rings is 1. The monoisotopic (exact) mass is 563 g/mol. The Labute approximate surface area is 232 Å². The molecule has 1 aromatic carbocycles.